The van der Waals surface area contributed by atoms with Crippen LogP contribution in [0.1, 0.15) is 18.4 Å². The van der Waals surface area contributed by atoms with Gasteiger partial charge in [0.25, 0.3) is 0 Å². The topological polar surface area (TPSA) is 37.3 Å². The first-order chi connectivity index (χ1) is 7.16. The molecule has 0 radical (unpaired) electrons. The maximum Gasteiger partial charge on any atom is 0.306 e. The van der Waals surface area contributed by atoms with Gasteiger partial charge in [0.05, 0.1) is 5.92 Å². The van der Waals surface area contributed by atoms with Crippen LogP contribution in [0.15, 0.2) is 24.3 Å². The average molecular weight is 225 g/mol. The fraction of sp³-hybridized carbons (Fsp3) is 0.417. The molecule has 2 rings (SSSR count). The van der Waals surface area contributed by atoms with Crippen LogP contribution in [0.5, 0.6) is 0 Å². The summed E-state index contributed by atoms with van der Waals surface area (Å²) in [4.78, 5) is 10.6. The lowest BCUT2D eigenvalue weighted by atomic mass is 10.1. The number of hydrogen-bond donors (Lipinski definition) is 1. The van der Waals surface area contributed by atoms with Crippen LogP contribution in [0.2, 0.25) is 5.02 Å². The number of aryl methyl sites for hydroxylation is 1. The molecule has 0 aliphatic heterocycles. The number of benzene rings is 1. The third-order valence-electron chi connectivity index (χ3n) is 2.96. The van der Waals surface area contributed by atoms with Crippen molar-refractivity contribution in [1.29, 1.82) is 0 Å². The average Bonchev–Trinajstić information content (AvgIpc) is 2.96. The normalized spacial score (nSPS) is 23.8. The Morgan fingerprint density at radius 3 is 2.60 bits per heavy atom. The number of aliphatic carboxylic acids is 1. The standard InChI is InChI=1S/C12H13ClO2/c13-10-5-2-8(3-6-10)1-4-9-7-11(9)12(14)15/h2-3,5-6,9,11H,1,4,7H2,(H,14,15). The third kappa shape index (κ3) is 2.72. The van der Waals surface area contributed by atoms with E-state index in [0.29, 0.717) is 5.92 Å². The molecule has 2 atom stereocenters. The number of halogens is 1. The minimum Gasteiger partial charge on any atom is -0.481 e. The van der Waals surface area contributed by atoms with Gasteiger partial charge in [0.15, 0.2) is 0 Å². The lowest BCUT2D eigenvalue weighted by Crippen LogP contribution is -2.00. The van der Waals surface area contributed by atoms with Crippen LogP contribution < -0.4 is 0 Å². The second kappa shape index (κ2) is 4.23. The maximum absolute atomic E-state index is 10.6. The summed E-state index contributed by atoms with van der Waals surface area (Å²) in [6.45, 7) is 0. The van der Waals surface area contributed by atoms with Gasteiger partial charge < -0.3 is 5.11 Å². The molecule has 1 saturated carbocycles. The Kier molecular flexibility index (Phi) is 2.96. The third-order valence-corrected chi connectivity index (χ3v) is 3.21. The first kappa shape index (κ1) is 10.5. The monoisotopic (exact) mass is 224 g/mol. The predicted molar refractivity (Wildman–Crippen MR) is 59.0 cm³/mol. The van der Waals surface area contributed by atoms with Gasteiger partial charge in [-0.2, -0.15) is 0 Å². The van der Waals surface area contributed by atoms with Crippen molar-refractivity contribution in [2.75, 3.05) is 0 Å². The lowest BCUT2D eigenvalue weighted by molar-refractivity contribution is -0.138. The molecule has 15 heavy (non-hydrogen) atoms. The van der Waals surface area contributed by atoms with Crippen molar-refractivity contribution in [3.8, 4) is 0 Å². The zero-order chi connectivity index (χ0) is 10.8. The fourth-order valence-corrected chi connectivity index (χ4v) is 2.00. The molecule has 3 heteroatoms. The second-order valence-corrected chi connectivity index (χ2v) is 4.54. The molecule has 2 unspecified atom stereocenters. The molecule has 0 saturated heterocycles. The molecule has 0 aromatic heterocycles. The maximum atomic E-state index is 10.6. The zero-order valence-corrected chi connectivity index (χ0v) is 9.07. The van der Waals surface area contributed by atoms with Crippen molar-refractivity contribution in [1.82, 2.24) is 0 Å². The molecular formula is C12H13ClO2. The molecular weight excluding hydrogens is 212 g/mol. The molecule has 0 spiro atoms. The highest BCUT2D eigenvalue weighted by atomic mass is 35.5. The summed E-state index contributed by atoms with van der Waals surface area (Å²) < 4.78 is 0. The summed E-state index contributed by atoms with van der Waals surface area (Å²) >= 11 is 5.77. The number of hydrogen-bond acceptors (Lipinski definition) is 1. The van der Waals surface area contributed by atoms with Gasteiger partial charge in [0, 0.05) is 5.02 Å². The summed E-state index contributed by atoms with van der Waals surface area (Å²) in [5.74, 6) is -0.341. The van der Waals surface area contributed by atoms with E-state index in [1.165, 1.54) is 5.56 Å². The van der Waals surface area contributed by atoms with Crippen molar-refractivity contribution in [3.63, 3.8) is 0 Å². The Balaban J connectivity index is 1.80. The van der Waals surface area contributed by atoms with Gasteiger partial charge in [0.2, 0.25) is 0 Å². The first-order valence-corrected chi connectivity index (χ1v) is 5.52. The Labute approximate surface area is 93.9 Å². The molecule has 1 aromatic carbocycles. The van der Waals surface area contributed by atoms with Crippen LogP contribution in [0.3, 0.4) is 0 Å². The summed E-state index contributed by atoms with van der Waals surface area (Å²) in [7, 11) is 0. The number of rotatable bonds is 4. The van der Waals surface area contributed by atoms with Crippen LogP contribution in [0.4, 0.5) is 0 Å². The van der Waals surface area contributed by atoms with Gasteiger partial charge in [-0.3, -0.25) is 4.79 Å². The Hall–Kier alpha value is -1.02. The minimum atomic E-state index is -0.642. The van der Waals surface area contributed by atoms with Crippen LogP contribution in [0.25, 0.3) is 0 Å². The highest BCUT2D eigenvalue weighted by Crippen LogP contribution is 2.42. The number of carboxylic acid groups (broad SMARTS) is 1. The number of carboxylic acids is 1. The minimum absolute atomic E-state index is 0.0858. The molecule has 1 fully saturated rings. The van der Waals surface area contributed by atoms with Gasteiger partial charge in [-0.05, 0) is 42.9 Å². The molecule has 1 aliphatic carbocycles. The first-order valence-electron chi connectivity index (χ1n) is 5.14. The molecule has 0 amide bonds. The molecule has 0 bridgehead atoms. The van der Waals surface area contributed by atoms with E-state index in [9.17, 15) is 4.79 Å². The lowest BCUT2D eigenvalue weighted by Gasteiger charge is -2.00. The summed E-state index contributed by atoms with van der Waals surface area (Å²) in [5, 5.41) is 9.48. The van der Waals surface area contributed by atoms with Crippen LogP contribution in [-0.2, 0) is 11.2 Å². The van der Waals surface area contributed by atoms with Crippen molar-refractivity contribution < 1.29 is 9.90 Å². The predicted octanol–water partition coefficient (Wildman–Crippen LogP) is 2.99. The summed E-state index contributed by atoms with van der Waals surface area (Å²) in [6, 6.07) is 7.75. The van der Waals surface area contributed by atoms with Gasteiger partial charge in [-0.1, -0.05) is 23.7 Å². The van der Waals surface area contributed by atoms with Crippen molar-refractivity contribution in [2.24, 2.45) is 11.8 Å². The molecule has 80 valence electrons. The van der Waals surface area contributed by atoms with E-state index in [0.717, 1.165) is 24.3 Å². The van der Waals surface area contributed by atoms with E-state index in [1.54, 1.807) is 0 Å². The Bertz CT molecular complexity index is 358. The van der Waals surface area contributed by atoms with E-state index in [4.69, 9.17) is 16.7 Å². The summed E-state index contributed by atoms with van der Waals surface area (Å²) in [5.41, 5.74) is 1.23. The Morgan fingerprint density at radius 1 is 1.40 bits per heavy atom. The van der Waals surface area contributed by atoms with E-state index in [1.807, 2.05) is 24.3 Å². The van der Waals surface area contributed by atoms with E-state index >= 15 is 0 Å². The van der Waals surface area contributed by atoms with Crippen molar-refractivity contribution >= 4 is 17.6 Å². The van der Waals surface area contributed by atoms with Crippen molar-refractivity contribution in [2.45, 2.75) is 19.3 Å². The van der Waals surface area contributed by atoms with E-state index < -0.39 is 5.97 Å². The zero-order valence-electron chi connectivity index (χ0n) is 8.32. The number of carbonyl (C=O) groups is 1. The van der Waals surface area contributed by atoms with Gasteiger partial charge in [-0.25, -0.2) is 0 Å². The highest BCUT2D eigenvalue weighted by Gasteiger charge is 2.42. The molecule has 1 N–H and O–H groups in total. The smallest absolute Gasteiger partial charge is 0.306 e. The van der Waals surface area contributed by atoms with Crippen LogP contribution in [0, 0.1) is 11.8 Å². The Morgan fingerprint density at radius 2 is 2.07 bits per heavy atom. The largest absolute Gasteiger partial charge is 0.481 e. The molecule has 1 aliphatic rings. The second-order valence-electron chi connectivity index (χ2n) is 4.11. The van der Waals surface area contributed by atoms with E-state index in [2.05, 4.69) is 0 Å². The SMILES string of the molecule is O=C(O)C1CC1CCc1ccc(Cl)cc1. The molecule has 1 aromatic rings. The molecule has 2 nitrogen and oxygen atoms in total. The van der Waals surface area contributed by atoms with Gasteiger partial charge in [0.1, 0.15) is 0 Å². The van der Waals surface area contributed by atoms with E-state index in [-0.39, 0.29) is 5.92 Å². The summed E-state index contributed by atoms with van der Waals surface area (Å²) in [6.07, 6.45) is 2.77. The highest BCUT2D eigenvalue weighted by molar-refractivity contribution is 6.30. The fourth-order valence-electron chi connectivity index (χ4n) is 1.87. The quantitative estimate of drug-likeness (QED) is 0.854. The van der Waals surface area contributed by atoms with Crippen molar-refractivity contribution in [3.05, 3.63) is 34.9 Å². The van der Waals surface area contributed by atoms with Gasteiger partial charge >= 0.3 is 5.97 Å². The van der Waals surface area contributed by atoms with Gasteiger partial charge in [-0.15, -0.1) is 0 Å². The van der Waals surface area contributed by atoms with Crippen LogP contribution in [-0.4, -0.2) is 11.1 Å². The molecule has 0 heterocycles. The van der Waals surface area contributed by atoms with Crippen LogP contribution >= 0.6 is 11.6 Å².